The minimum Gasteiger partial charge on any atom is -0.465 e. The molecule has 20 heavy (non-hydrogen) atoms. The third-order valence-electron chi connectivity index (χ3n) is 2.70. The molecule has 0 spiro atoms. The second-order valence-corrected chi connectivity index (χ2v) is 4.78. The predicted octanol–water partition coefficient (Wildman–Crippen LogP) is 2.90. The zero-order valence-corrected chi connectivity index (χ0v) is 14.0. The van der Waals surface area contributed by atoms with Gasteiger partial charge >= 0.3 is 5.97 Å². The lowest BCUT2D eigenvalue weighted by Gasteiger charge is -2.27. The first kappa shape index (κ1) is 17.1. The maximum Gasteiger partial charge on any atom is 0.325 e. The van der Waals surface area contributed by atoms with Crippen molar-refractivity contribution in [3.63, 3.8) is 0 Å². The Labute approximate surface area is 137 Å². The van der Waals surface area contributed by atoms with Crippen LogP contribution < -0.4 is 5.73 Å². The van der Waals surface area contributed by atoms with Crippen LogP contribution in [0.4, 0.5) is 5.69 Å². The SMILES string of the molecule is Br.CCOC(=O)CN1Cc2c(ccc(Cl)c2Cl)N=C1N. The average molecular weight is 383 g/mol. The van der Waals surface area contributed by atoms with Crippen molar-refractivity contribution >= 4 is 57.8 Å². The lowest BCUT2D eigenvalue weighted by atomic mass is 10.1. The Morgan fingerprint density at radius 2 is 2.20 bits per heavy atom. The molecule has 0 fully saturated rings. The van der Waals surface area contributed by atoms with Gasteiger partial charge < -0.3 is 15.4 Å². The lowest BCUT2D eigenvalue weighted by molar-refractivity contribution is -0.143. The third-order valence-corrected chi connectivity index (χ3v) is 3.55. The molecule has 5 nitrogen and oxygen atoms in total. The van der Waals surface area contributed by atoms with E-state index in [1.54, 1.807) is 24.0 Å². The van der Waals surface area contributed by atoms with E-state index in [2.05, 4.69) is 4.99 Å². The number of halogens is 3. The standard InChI is InChI=1S/C12H13Cl2N3O2.BrH/c1-2-19-10(18)6-17-5-7-9(16-12(17)15)4-3-8(13)11(7)14;/h3-4H,2,5-6H2,1H3,(H2,15,16);1H. The summed E-state index contributed by atoms with van der Waals surface area (Å²) >= 11 is 12.1. The van der Waals surface area contributed by atoms with Crippen molar-refractivity contribution in [2.45, 2.75) is 13.5 Å². The molecule has 110 valence electrons. The summed E-state index contributed by atoms with van der Waals surface area (Å²) in [5, 5.41) is 0.886. The fourth-order valence-corrected chi connectivity index (χ4v) is 2.20. The van der Waals surface area contributed by atoms with Gasteiger partial charge in [-0.25, -0.2) is 4.99 Å². The van der Waals surface area contributed by atoms with Gasteiger partial charge in [0.1, 0.15) is 6.54 Å². The zero-order valence-electron chi connectivity index (χ0n) is 10.7. The van der Waals surface area contributed by atoms with Crippen molar-refractivity contribution in [3.05, 3.63) is 27.7 Å². The molecule has 0 atom stereocenters. The highest BCUT2D eigenvalue weighted by Crippen LogP contribution is 2.36. The van der Waals surface area contributed by atoms with E-state index < -0.39 is 0 Å². The number of guanidine groups is 1. The van der Waals surface area contributed by atoms with Crippen LogP contribution in [0.3, 0.4) is 0 Å². The number of hydrogen-bond acceptors (Lipinski definition) is 5. The molecule has 8 heteroatoms. The number of nitrogens with two attached hydrogens (primary N) is 1. The summed E-state index contributed by atoms with van der Waals surface area (Å²) in [5.41, 5.74) is 7.25. The first-order valence-electron chi connectivity index (χ1n) is 5.74. The summed E-state index contributed by atoms with van der Waals surface area (Å²) < 4.78 is 4.88. The predicted molar refractivity (Wildman–Crippen MR) is 85.1 cm³/mol. The van der Waals surface area contributed by atoms with E-state index in [1.165, 1.54) is 0 Å². The first-order valence-corrected chi connectivity index (χ1v) is 6.50. The topological polar surface area (TPSA) is 67.9 Å². The van der Waals surface area contributed by atoms with Crippen molar-refractivity contribution in [1.82, 2.24) is 4.90 Å². The molecule has 0 bridgehead atoms. The second kappa shape index (κ2) is 7.15. The normalized spacial score (nSPS) is 13.2. The number of ether oxygens (including phenoxy) is 1. The molecule has 1 heterocycles. The molecule has 0 unspecified atom stereocenters. The first-order chi connectivity index (χ1) is 9.02. The minimum atomic E-state index is -0.359. The maximum absolute atomic E-state index is 11.5. The van der Waals surface area contributed by atoms with Gasteiger partial charge in [-0.15, -0.1) is 17.0 Å². The number of nitrogens with zero attached hydrogens (tertiary/aromatic N) is 2. The molecule has 2 rings (SSSR count). The van der Waals surface area contributed by atoms with E-state index in [9.17, 15) is 4.79 Å². The van der Waals surface area contributed by atoms with Crippen LogP contribution in [0.1, 0.15) is 12.5 Å². The third kappa shape index (κ3) is 3.56. The van der Waals surface area contributed by atoms with E-state index in [4.69, 9.17) is 33.7 Å². The van der Waals surface area contributed by atoms with Crippen molar-refractivity contribution in [3.8, 4) is 0 Å². The quantitative estimate of drug-likeness (QED) is 0.816. The number of benzene rings is 1. The van der Waals surface area contributed by atoms with Crippen LogP contribution in [-0.4, -0.2) is 30.0 Å². The number of esters is 1. The molecule has 1 aliphatic rings. The van der Waals surface area contributed by atoms with Gasteiger partial charge in [0.25, 0.3) is 0 Å². The number of carbonyl (C=O) groups is 1. The van der Waals surface area contributed by atoms with Crippen LogP contribution in [0.5, 0.6) is 0 Å². The van der Waals surface area contributed by atoms with Gasteiger partial charge in [0.15, 0.2) is 5.96 Å². The average Bonchev–Trinajstić information content (AvgIpc) is 2.36. The molecule has 0 saturated heterocycles. The fraction of sp³-hybridized carbons (Fsp3) is 0.333. The van der Waals surface area contributed by atoms with E-state index in [1.807, 2.05) is 0 Å². The van der Waals surface area contributed by atoms with Crippen LogP contribution in [0.25, 0.3) is 0 Å². The summed E-state index contributed by atoms with van der Waals surface area (Å²) in [7, 11) is 0. The van der Waals surface area contributed by atoms with Gasteiger partial charge in [-0.3, -0.25) is 4.79 Å². The van der Waals surface area contributed by atoms with Gasteiger partial charge in [-0.2, -0.15) is 0 Å². The van der Waals surface area contributed by atoms with Gasteiger partial charge in [-0.1, -0.05) is 23.2 Å². The zero-order chi connectivity index (χ0) is 14.0. The molecular weight excluding hydrogens is 369 g/mol. The fourth-order valence-electron chi connectivity index (χ4n) is 1.80. The molecule has 2 N–H and O–H groups in total. The smallest absolute Gasteiger partial charge is 0.325 e. The molecule has 0 saturated carbocycles. The second-order valence-electron chi connectivity index (χ2n) is 3.99. The summed E-state index contributed by atoms with van der Waals surface area (Å²) in [6, 6.07) is 3.42. The Bertz CT molecular complexity index is 552. The Kier molecular flexibility index (Phi) is 6.10. The monoisotopic (exact) mass is 381 g/mol. The lowest BCUT2D eigenvalue weighted by Crippen LogP contribution is -2.42. The van der Waals surface area contributed by atoms with Crippen molar-refractivity contribution in [2.24, 2.45) is 10.7 Å². The Hall–Kier alpha value is -0.980. The Balaban J connectivity index is 0.00000200. The highest BCUT2D eigenvalue weighted by atomic mass is 79.9. The molecule has 0 amide bonds. The highest BCUT2D eigenvalue weighted by Gasteiger charge is 2.23. The number of aliphatic imine (C=N–C) groups is 1. The largest absolute Gasteiger partial charge is 0.465 e. The number of carbonyl (C=O) groups excluding carboxylic acids is 1. The number of rotatable bonds is 3. The van der Waals surface area contributed by atoms with Crippen LogP contribution in [-0.2, 0) is 16.1 Å². The van der Waals surface area contributed by atoms with Crippen molar-refractivity contribution in [2.75, 3.05) is 13.2 Å². The number of hydrogen-bond donors (Lipinski definition) is 1. The van der Waals surface area contributed by atoms with Gasteiger partial charge in [0.2, 0.25) is 0 Å². The van der Waals surface area contributed by atoms with E-state index in [0.29, 0.717) is 28.9 Å². The summed E-state index contributed by atoms with van der Waals surface area (Å²) in [4.78, 5) is 17.3. The van der Waals surface area contributed by atoms with Crippen LogP contribution in [0.15, 0.2) is 17.1 Å². The molecule has 1 aliphatic heterocycles. The Morgan fingerprint density at radius 1 is 1.50 bits per heavy atom. The summed E-state index contributed by atoms with van der Waals surface area (Å²) in [6.07, 6.45) is 0. The van der Waals surface area contributed by atoms with Crippen LogP contribution in [0, 0.1) is 0 Å². The summed E-state index contributed by atoms with van der Waals surface area (Å²) in [6.45, 7) is 2.48. The van der Waals surface area contributed by atoms with E-state index in [-0.39, 0.29) is 35.5 Å². The molecular formula is C12H14BrCl2N3O2. The Morgan fingerprint density at radius 3 is 2.85 bits per heavy atom. The molecule has 0 aromatic heterocycles. The van der Waals surface area contributed by atoms with Crippen molar-refractivity contribution in [1.29, 1.82) is 0 Å². The summed E-state index contributed by atoms with van der Waals surface area (Å²) in [5.74, 6) is -0.0961. The maximum atomic E-state index is 11.5. The van der Waals surface area contributed by atoms with Gasteiger partial charge in [0.05, 0.1) is 28.9 Å². The molecule has 1 aromatic rings. The van der Waals surface area contributed by atoms with Crippen LogP contribution in [0.2, 0.25) is 10.0 Å². The van der Waals surface area contributed by atoms with Crippen molar-refractivity contribution < 1.29 is 9.53 Å². The molecule has 1 aromatic carbocycles. The van der Waals surface area contributed by atoms with Gasteiger partial charge in [-0.05, 0) is 19.1 Å². The van der Waals surface area contributed by atoms with E-state index in [0.717, 1.165) is 5.56 Å². The number of fused-ring (bicyclic) bond motifs is 1. The molecule has 0 aliphatic carbocycles. The minimum absolute atomic E-state index is 0. The van der Waals surface area contributed by atoms with E-state index >= 15 is 0 Å². The highest BCUT2D eigenvalue weighted by molar-refractivity contribution is 8.93. The molecule has 0 radical (unpaired) electrons. The van der Waals surface area contributed by atoms with Gasteiger partial charge in [0, 0.05) is 5.56 Å². The van der Waals surface area contributed by atoms with Crippen LogP contribution >= 0.6 is 40.2 Å².